The van der Waals surface area contributed by atoms with Crippen molar-refractivity contribution in [2.24, 2.45) is 16.7 Å². The van der Waals surface area contributed by atoms with Crippen molar-refractivity contribution in [3.8, 4) is 0 Å². The predicted octanol–water partition coefficient (Wildman–Crippen LogP) is 3.37. The number of carbonyl (C=O) groups excluding carboxylic acids is 1. The summed E-state index contributed by atoms with van der Waals surface area (Å²) in [7, 11) is 0. The summed E-state index contributed by atoms with van der Waals surface area (Å²) in [5.74, 6) is 0.186. The van der Waals surface area contributed by atoms with E-state index in [0.717, 1.165) is 12.8 Å². The van der Waals surface area contributed by atoms with Crippen LogP contribution >= 0.6 is 0 Å². The van der Waals surface area contributed by atoms with E-state index in [1.807, 2.05) is 0 Å². The summed E-state index contributed by atoms with van der Waals surface area (Å²) in [5.41, 5.74) is 0.544. The number of carbonyl (C=O) groups is 1. The number of aliphatic hydroxyl groups excluding tert-OH is 1. The number of hydrogen-bond donors (Lipinski definition) is 3. The molecule has 0 heterocycles. The van der Waals surface area contributed by atoms with Gasteiger partial charge in [-0.1, -0.05) is 39.0 Å². The molecule has 2 bridgehead atoms. The Labute approximate surface area is 142 Å². The SMILES string of the molecule is CC1(C)C2CCC1(C)C(NC(=O)NCC(O)c1ccccc1F)C2. The zero-order chi connectivity index (χ0) is 17.5. The molecule has 1 aromatic carbocycles. The fourth-order valence-corrected chi connectivity index (χ4v) is 4.68. The van der Waals surface area contributed by atoms with Gasteiger partial charge in [0.25, 0.3) is 0 Å². The van der Waals surface area contributed by atoms with E-state index in [-0.39, 0.29) is 35.0 Å². The third-order valence-electron chi connectivity index (χ3n) is 6.82. The van der Waals surface area contributed by atoms with Crippen molar-refractivity contribution in [2.45, 2.75) is 52.2 Å². The van der Waals surface area contributed by atoms with Gasteiger partial charge in [-0.25, -0.2) is 9.18 Å². The molecule has 0 radical (unpaired) electrons. The number of aliphatic hydroxyl groups is 1. The number of amides is 2. The first-order chi connectivity index (χ1) is 11.3. The average molecular weight is 334 g/mol. The molecular formula is C19H27FN2O2. The lowest BCUT2D eigenvalue weighted by molar-refractivity contribution is 0.122. The topological polar surface area (TPSA) is 61.4 Å². The fraction of sp³-hybridized carbons (Fsp3) is 0.632. The zero-order valence-electron chi connectivity index (χ0n) is 14.6. The molecule has 24 heavy (non-hydrogen) atoms. The molecular weight excluding hydrogens is 307 g/mol. The molecule has 0 aromatic heterocycles. The first kappa shape index (κ1) is 17.2. The number of nitrogens with one attached hydrogen (secondary N) is 2. The standard InChI is InChI=1S/C19H27FN2O2/c1-18(2)12-8-9-19(18,3)16(10-12)22-17(24)21-11-15(23)13-6-4-5-7-14(13)20/h4-7,12,15-16,23H,8-11H2,1-3H3,(H2,21,22,24). The molecule has 2 aliphatic rings. The predicted molar refractivity (Wildman–Crippen MR) is 90.9 cm³/mol. The zero-order valence-corrected chi connectivity index (χ0v) is 14.6. The van der Waals surface area contributed by atoms with E-state index < -0.39 is 11.9 Å². The molecule has 0 aliphatic heterocycles. The van der Waals surface area contributed by atoms with Gasteiger partial charge in [0.2, 0.25) is 0 Å². The van der Waals surface area contributed by atoms with E-state index in [2.05, 4.69) is 31.4 Å². The van der Waals surface area contributed by atoms with Gasteiger partial charge in [0.15, 0.2) is 0 Å². The maximum Gasteiger partial charge on any atom is 0.315 e. The maximum atomic E-state index is 13.6. The van der Waals surface area contributed by atoms with Gasteiger partial charge in [0.1, 0.15) is 5.82 Å². The molecule has 3 N–H and O–H groups in total. The normalized spacial score (nSPS) is 31.7. The molecule has 1 aromatic rings. The van der Waals surface area contributed by atoms with Crippen molar-refractivity contribution in [2.75, 3.05) is 6.54 Å². The Morgan fingerprint density at radius 2 is 2.08 bits per heavy atom. The highest BCUT2D eigenvalue weighted by Crippen LogP contribution is 2.65. The van der Waals surface area contributed by atoms with Crippen molar-refractivity contribution in [3.05, 3.63) is 35.6 Å². The third kappa shape index (κ3) is 2.69. The third-order valence-corrected chi connectivity index (χ3v) is 6.82. The molecule has 2 amide bonds. The minimum absolute atomic E-state index is 0.0109. The molecule has 0 saturated heterocycles. The molecule has 2 aliphatic carbocycles. The Balaban J connectivity index is 1.55. The second-order valence-electron chi connectivity index (χ2n) is 8.05. The van der Waals surface area contributed by atoms with Gasteiger partial charge in [0.05, 0.1) is 6.10 Å². The minimum atomic E-state index is -1.05. The molecule has 2 saturated carbocycles. The van der Waals surface area contributed by atoms with Crippen molar-refractivity contribution in [3.63, 3.8) is 0 Å². The Hall–Kier alpha value is -1.62. The van der Waals surface area contributed by atoms with E-state index in [0.29, 0.717) is 5.92 Å². The Morgan fingerprint density at radius 1 is 1.38 bits per heavy atom. The van der Waals surface area contributed by atoms with Crippen LogP contribution in [0.1, 0.15) is 51.7 Å². The Kier molecular flexibility index (Phi) is 4.32. The highest BCUT2D eigenvalue weighted by Gasteiger charge is 2.61. The van der Waals surface area contributed by atoms with E-state index >= 15 is 0 Å². The summed E-state index contributed by atoms with van der Waals surface area (Å²) < 4.78 is 13.6. The van der Waals surface area contributed by atoms with Gasteiger partial charge in [-0.05, 0) is 42.1 Å². The Bertz CT molecular complexity index is 634. The fourth-order valence-electron chi connectivity index (χ4n) is 4.68. The van der Waals surface area contributed by atoms with Crippen LogP contribution in [0.15, 0.2) is 24.3 Å². The number of hydrogen-bond acceptors (Lipinski definition) is 2. The summed E-state index contributed by atoms with van der Waals surface area (Å²) in [6, 6.07) is 5.93. The van der Waals surface area contributed by atoms with Crippen LogP contribution in [0.4, 0.5) is 9.18 Å². The number of benzene rings is 1. The number of urea groups is 1. The second kappa shape index (κ2) is 6.03. The molecule has 3 rings (SSSR count). The van der Waals surface area contributed by atoms with Gasteiger partial charge in [-0.2, -0.15) is 0 Å². The first-order valence-electron chi connectivity index (χ1n) is 8.72. The van der Waals surface area contributed by atoms with Gasteiger partial charge < -0.3 is 15.7 Å². The molecule has 5 heteroatoms. The van der Waals surface area contributed by atoms with Crippen LogP contribution < -0.4 is 10.6 Å². The van der Waals surface area contributed by atoms with E-state index in [1.165, 1.54) is 18.6 Å². The number of halogens is 1. The lowest BCUT2D eigenvalue weighted by atomic mass is 9.69. The largest absolute Gasteiger partial charge is 0.386 e. The van der Waals surface area contributed by atoms with Crippen LogP contribution in [0.25, 0.3) is 0 Å². The van der Waals surface area contributed by atoms with Crippen LogP contribution in [0.2, 0.25) is 0 Å². The van der Waals surface area contributed by atoms with Crippen molar-refractivity contribution >= 4 is 6.03 Å². The van der Waals surface area contributed by atoms with Crippen LogP contribution in [0.3, 0.4) is 0 Å². The molecule has 132 valence electrons. The maximum absolute atomic E-state index is 13.6. The summed E-state index contributed by atoms with van der Waals surface area (Å²) in [5, 5.41) is 15.8. The van der Waals surface area contributed by atoms with Crippen LogP contribution in [0, 0.1) is 22.6 Å². The molecule has 0 spiro atoms. The highest BCUT2D eigenvalue weighted by atomic mass is 19.1. The van der Waals surface area contributed by atoms with E-state index in [1.54, 1.807) is 12.1 Å². The molecule has 4 nitrogen and oxygen atoms in total. The van der Waals surface area contributed by atoms with Gasteiger partial charge in [-0.3, -0.25) is 0 Å². The monoisotopic (exact) mass is 334 g/mol. The average Bonchev–Trinajstić information content (AvgIpc) is 2.86. The Morgan fingerprint density at radius 3 is 2.67 bits per heavy atom. The number of fused-ring (bicyclic) bond motifs is 2. The highest BCUT2D eigenvalue weighted by molar-refractivity contribution is 5.74. The minimum Gasteiger partial charge on any atom is -0.386 e. The molecule has 4 atom stereocenters. The van der Waals surface area contributed by atoms with Gasteiger partial charge in [-0.15, -0.1) is 0 Å². The van der Waals surface area contributed by atoms with Crippen LogP contribution in [-0.2, 0) is 0 Å². The lowest BCUT2D eigenvalue weighted by Gasteiger charge is -2.39. The second-order valence-corrected chi connectivity index (χ2v) is 8.05. The summed E-state index contributed by atoms with van der Waals surface area (Å²) in [6.07, 6.45) is 2.32. The molecule has 4 unspecified atom stereocenters. The van der Waals surface area contributed by atoms with Crippen molar-refractivity contribution in [1.82, 2.24) is 10.6 Å². The van der Waals surface area contributed by atoms with E-state index in [9.17, 15) is 14.3 Å². The van der Waals surface area contributed by atoms with Crippen LogP contribution in [-0.4, -0.2) is 23.7 Å². The summed E-state index contributed by atoms with van der Waals surface area (Å²) in [4.78, 5) is 12.2. The quantitative estimate of drug-likeness (QED) is 0.790. The smallest absolute Gasteiger partial charge is 0.315 e. The summed E-state index contributed by atoms with van der Waals surface area (Å²) >= 11 is 0. The lowest BCUT2D eigenvalue weighted by Crippen LogP contribution is -2.50. The summed E-state index contributed by atoms with van der Waals surface area (Å²) in [6.45, 7) is 6.85. The van der Waals surface area contributed by atoms with Crippen molar-refractivity contribution < 1.29 is 14.3 Å². The van der Waals surface area contributed by atoms with E-state index in [4.69, 9.17) is 0 Å². The van der Waals surface area contributed by atoms with Crippen LogP contribution in [0.5, 0.6) is 0 Å². The molecule has 2 fully saturated rings. The number of rotatable bonds is 4. The van der Waals surface area contributed by atoms with Gasteiger partial charge >= 0.3 is 6.03 Å². The first-order valence-corrected chi connectivity index (χ1v) is 8.72. The van der Waals surface area contributed by atoms with Crippen molar-refractivity contribution in [1.29, 1.82) is 0 Å². The van der Waals surface area contributed by atoms with Gasteiger partial charge in [0, 0.05) is 18.2 Å².